The number of rotatable bonds is 3. The van der Waals surface area contributed by atoms with Crippen LogP contribution in [0.5, 0.6) is 0 Å². The molecule has 0 N–H and O–H groups in total. The Morgan fingerprint density at radius 3 is 2.41 bits per heavy atom. The number of nitrogens with zero attached hydrogens (tertiary/aromatic N) is 1. The highest BCUT2D eigenvalue weighted by Gasteiger charge is 2.28. The van der Waals surface area contributed by atoms with Crippen LogP contribution in [0.25, 0.3) is 5.57 Å². The standard InChI is InChI=1S/C21H18ClNO3S/c1-15-2-8-19(9-3-15)27(24,25)23-12-10-20(16-4-6-18(22)7-5-16)21-17(14-23)11-13-26-21/h2-11,13H,12,14H2,1H3. The maximum Gasteiger partial charge on any atom is 0.243 e. The Labute approximate surface area is 163 Å². The number of hydrogen-bond acceptors (Lipinski definition) is 3. The number of sulfonamides is 1. The van der Waals surface area contributed by atoms with Crippen molar-refractivity contribution in [2.24, 2.45) is 0 Å². The van der Waals surface area contributed by atoms with E-state index in [0.717, 1.165) is 22.3 Å². The van der Waals surface area contributed by atoms with Crippen molar-refractivity contribution in [3.63, 3.8) is 0 Å². The molecule has 0 unspecified atom stereocenters. The molecule has 1 aliphatic rings. The highest BCUT2D eigenvalue weighted by molar-refractivity contribution is 7.89. The topological polar surface area (TPSA) is 50.5 Å². The van der Waals surface area contributed by atoms with Crippen LogP contribution in [0.2, 0.25) is 5.02 Å². The monoisotopic (exact) mass is 399 g/mol. The Hall–Kier alpha value is -2.34. The first-order valence-electron chi connectivity index (χ1n) is 8.55. The van der Waals surface area contributed by atoms with E-state index in [9.17, 15) is 8.42 Å². The lowest BCUT2D eigenvalue weighted by atomic mass is 10.0. The maximum absolute atomic E-state index is 13.1. The summed E-state index contributed by atoms with van der Waals surface area (Å²) >= 11 is 5.99. The molecule has 27 heavy (non-hydrogen) atoms. The van der Waals surface area contributed by atoms with Crippen molar-refractivity contribution in [1.82, 2.24) is 4.31 Å². The second kappa shape index (κ2) is 7.00. The molecule has 138 valence electrons. The van der Waals surface area contributed by atoms with Gasteiger partial charge < -0.3 is 4.42 Å². The summed E-state index contributed by atoms with van der Waals surface area (Å²) in [7, 11) is -3.61. The van der Waals surface area contributed by atoms with Gasteiger partial charge in [-0.1, -0.05) is 47.5 Å². The van der Waals surface area contributed by atoms with Crippen LogP contribution in [0.1, 0.15) is 22.5 Å². The summed E-state index contributed by atoms with van der Waals surface area (Å²) in [5.74, 6) is 0.693. The number of aryl methyl sites for hydroxylation is 1. The lowest BCUT2D eigenvalue weighted by Gasteiger charge is -2.19. The van der Waals surface area contributed by atoms with Gasteiger partial charge in [0.05, 0.1) is 11.2 Å². The molecular formula is C21H18ClNO3S. The van der Waals surface area contributed by atoms with Crippen molar-refractivity contribution >= 4 is 27.2 Å². The summed E-state index contributed by atoms with van der Waals surface area (Å²) in [6.07, 6.45) is 3.49. The van der Waals surface area contributed by atoms with Gasteiger partial charge in [-0.25, -0.2) is 8.42 Å². The SMILES string of the molecule is Cc1ccc(S(=O)(=O)N2CC=C(c3ccc(Cl)cc3)c3occc3C2)cc1. The molecule has 0 saturated carbocycles. The van der Waals surface area contributed by atoms with Crippen molar-refractivity contribution in [2.45, 2.75) is 18.4 Å². The zero-order valence-corrected chi connectivity index (χ0v) is 16.3. The average molecular weight is 400 g/mol. The molecule has 0 aliphatic carbocycles. The minimum absolute atomic E-state index is 0.260. The van der Waals surface area contributed by atoms with E-state index in [1.807, 2.05) is 55.5 Å². The molecule has 0 atom stereocenters. The summed E-state index contributed by atoms with van der Waals surface area (Å²) < 4.78 is 33.4. The van der Waals surface area contributed by atoms with E-state index in [4.69, 9.17) is 16.0 Å². The first-order valence-corrected chi connectivity index (χ1v) is 10.4. The Morgan fingerprint density at radius 1 is 1.00 bits per heavy atom. The van der Waals surface area contributed by atoms with Gasteiger partial charge >= 0.3 is 0 Å². The summed E-state index contributed by atoms with van der Waals surface area (Å²) in [5, 5.41) is 0.649. The Bertz CT molecular complexity index is 1100. The molecule has 2 aromatic carbocycles. The van der Waals surface area contributed by atoms with Gasteiger partial charge in [0.25, 0.3) is 0 Å². The van der Waals surface area contributed by atoms with Crippen LogP contribution in [-0.2, 0) is 16.6 Å². The van der Waals surface area contributed by atoms with E-state index in [1.54, 1.807) is 18.4 Å². The predicted octanol–water partition coefficient (Wildman–Crippen LogP) is 4.88. The molecule has 3 aromatic rings. The number of benzene rings is 2. The van der Waals surface area contributed by atoms with Gasteiger partial charge in [0.1, 0.15) is 5.76 Å². The molecule has 0 fully saturated rings. The maximum atomic E-state index is 13.1. The normalized spacial score (nSPS) is 15.1. The summed E-state index contributed by atoms with van der Waals surface area (Å²) in [6, 6.07) is 16.2. The average Bonchev–Trinajstić information content (AvgIpc) is 3.03. The first-order chi connectivity index (χ1) is 12.9. The zero-order chi connectivity index (χ0) is 19.0. The van der Waals surface area contributed by atoms with Crippen molar-refractivity contribution in [1.29, 1.82) is 0 Å². The van der Waals surface area contributed by atoms with Crippen LogP contribution in [0.3, 0.4) is 0 Å². The van der Waals surface area contributed by atoms with Crippen molar-refractivity contribution in [3.8, 4) is 0 Å². The van der Waals surface area contributed by atoms with Gasteiger partial charge in [0.15, 0.2) is 0 Å². The third-order valence-corrected chi connectivity index (χ3v) is 6.73. The minimum atomic E-state index is -3.61. The van der Waals surface area contributed by atoms with E-state index in [2.05, 4.69) is 0 Å². The van der Waals surface area contributed by atoms with Gasteiger partial charge in [0, 0.05) is 29.2 Å². The molecule has 0 radical (unpaired) electrons. The lowest BCUT2D eigenvalue weighted by Crippen LogP contribution is -2.30. The molecule has 0 amide bonds. The van der Waals surface area contributed by atoms with E-state index < -0.39 is 10.0 Å². The second-order valence-electron chi connectivity index (χ2n) is 6.51. The van der Waals surface area contributed by atoms with Crippen LogP contribution in [0, 0.1) is 6.92 Å². The van der Waals surface area contributed by atoms with E-state index in [-0.39, 0.29) is 13.1 Å². The number of fused-ring (bicyclic) bond motifs is 1. The minimum Gasteiger partial charge on any atom is -0.464 e. The van der Waals surface area contributed by atoms with Gasteiger partial charge in [0.2, 0.25) is 10.0 Å². The van der Waals surface area contributed by atoms with Crippen molar-refractivity contribution in [2.75, 3.05) is 6.54 Å². The third kappa shape index (κ3) is 3.46. The van der Waals surface area contributed by atoms with Gasteiger partial charge in [-0.2, -0.15) is 4.31 Å². The molecule has 4 nitrogen and oxygen atoms in total. The van der Waals surface area contributed by atoms with E-state index in [1.165, 1.54) is 4.31 Å². The highest BCUT2D eigenvalue weighted by atomic mass is 35.5. The number of hydrogen-bond donors (Lipinski definition) is 0. The third-order valence-electron chi connectivity index (χ3n) is 4.65. The fourth-order valence-electron chi connectivity index (χ4n) is 3.16. The van der Waals surface area contributed by atoms with Crippen LogP contribution in [-0.4, -0.2) is 19.3 Å². The second-order valence-corrected chi connectivity index (χ2v) is 8.88. The summed E-state index contributed by atoms with van der Waals surface area (Å²) in [6.45, 7) is 2.45. The van der Waals surface area contributed by atoms with Crippen LogP contribution < -0.4 is 0 Å². The molecule has 0 bridgehead atoms. The van der Waals surface area contributed by atoms with Gasteiger partial charge in [-0.05, 0) is 42.8 Å². The fraction of sp³-hybridized carbons (Fsp3) is 0.143. The summed E-state index contributed by atoms with van der Waals surface area (Å²) in [5.41, 5.74) is 3.66. The molecular weight excluding hydrogens is 382 g/mol. The van der Waals surface area contributed by atoms with E-state index >= 15 is 0 Å². The van der Waals surface area contributed by atoms with Crippen LogP contribution >= 0.6 is 11.6 Å². The van der Waals surface area contributed by atoms with Crippen molar-refractivity contribution in [3.05, 3.63) is 94.4 Å². The molecule has 6 heteroatoms. The largest absolute Gasteiger partial charge is 0.464 e. The molecule has 1 aromatic heterocycles. The zero-order valence-electron chi connectivity index (χ0n) is 14.7. The smallest absolute Gasteiger partial charge is 0.243 e. The fourth-order valence-corrected chi connectivity index (χ4v) is 4.64. The lowest BCUT2D eigenvalue weighted by molar-refractivity contribution is 0.438. The van der Waals surface area contributed by atoms with Crippen molar-refractivity contribution < 1.29 is 12.8 Å². The molecule has 2 heterocycles. The van der Waals surface area contributed by atoms with Gasteiger partial charge in [-0.15, -0.1) is 0 Å². The molecule has 0 saturated heterocycles. The molecule has 0 spiro atoms. The van der Waals surface area contributed by atoms with E-state index in [0.29, 0.717) is 15.7 Å². The van der Waals surface area contributed by atoms with Crippen LogP contribution in [0.15, 0.2) is 76.2 Å². The predicted molar refractivity (Wildman–Crippen MR) is 106 cm³/mol. The number of halogens is 1. The highest BCUT2D eigenvalue weighted by Crippen LogP contribution is 2.33. The Balaban J connectivity index is 1.75. The van der Waals surface area contributed by atoms with Gasteiger partial charge in [-0.3, -0.25) is 0 Å². The quantitative estimate of drug-likeness (QED) is 0.630. The molecule has 1 aliphatic heterocycles. The Kier molecular flexibility index (Phi) is 4.68. The van der Waals surface area contributed by atoms with Crippen LogP contribution in [0.4, 0.5) is 0 Å². The first kappa shape index (κ1) is 18.0. The Morgan fingerprint density at radius 2 is 1.70 bits per heavy atom. The molecule has 4 rings (SSSR count). The summed E-state index contributed by atoms with van der Waals surface area (Å²) in [4.78, 5) is 0.293. The number of furan rings is 1.